The number of rotatable bonds is 4. The standard InChI is InChI=1S/C18H28N4O3S/c1-15-6-3-4-9-22(15)17(23)14-20-10-12-21(13-11-20)18-16(26(2,24)25)7-5-8-19-18/h5,7-8,15H,3-4,6,9-14H2,1-2H3/t15-/m1/s1. The van der Waals surface area contributed by atoms with Crippen molar-refractivity contribution in [1.82, 2.24) is 14.8 Å². The summed E-state index contributed by atoms with van der Waals surface area (Å²) >= 11 is 0. The number of hydrogen-bond donors (Lipinski definition) is 0. The number of carbonyl (C=O) groups is 1. The van der Waals surface area contributed by atoms with E-state index in [2.05, 4.69) is 16.8 Å². The normalized spacial score (nSPS) is 22.5. The van der Waals surface area contributed by atoms with Gasteiger partial charge in [0.05, 0.1) is 6.54 Å². The second kappa shape index (κ2) is 7.92. The molecule has 2 fully saturated rings. The third kappa shape index (κ3) is 4.35. The van der Waals surface area contributed by atoms with Gasteiger partial charge in [-0.1, -0.05) is 0 Å². The first-order chi connectivity index (χ1) is 12.4. The molecule has 1 amide bonds. The predicted octanol–water partition coefficient (Wildman–Crippen LogP) is 1.01. The molecule has 0 unspecified atom stereocenters. The minimum absolute atomic E-state index is 0.209. The summed E-state index contributed by atoms with van der Waals surface area (Å²) in [7, 11) is -3.31. The van der Waals surface area contributed by atoms with Crippen molar-refractivity contribution in [2.45, 2.75) is 37.1 Å². The molecule has 3 rings (SSSR count). The van der Waals surface area contributed by atoms with Crippen LogP contribution in [-0.4, -0.2) is 80.7 Å². The number of anilines is 1. The molecule has 1 atom stereocenters. The van der Waals surface area contributed by atoms with Gasteiger partial charge in [0.15, 0.2) is 9.84 Å². The lowest BCUT2D eigenvalue weighted by atomic mass is 10.0. The van der Waals surface area contributed by atoms with Crippen LogP contribution < -0.4 is 4.90 Å². The third-order valence-corrected chi connectivity index (χ3v) is 6.42. The number of amides is 1. The van der Waals surface area contributed by atoms with Crippen molar-refractivity contribution in [3.8, 4) is 0 Å². The largest absolute Gasteiger partial charge is 0.353 e. The van der Waals surface area contributed by atoms with Crippen LogP contribution in [0.3, 0.4) is 0 Å². The average Bonchev–Trinajstić information content (AvgIpc) is 2.62. The Kier molecular flexibility index (Phi) is 5.82. The monoisotopic (exact) mass is 380 g/mol. The van der Waals surface area contributed by atoms with Crippen molar-refractivity contribution < 1.29 is 13.2 Å². The van der Waals surface area contributed by atoms with Gasteiger partial charge < -0.3 is 9.80 Å². The molecular formula is C18H28N4O3S. The molecule has 1 aromatic heterocycles. The molecule has 2 aliphatic rings. The molecule has 3 heterocycles. The van der Waals surface area contributed by atoms with E-state index in [1.165, 1.54) is 12.7 Å². The van der Waals surface area contributed by atoms with Gasteiger partial charge in [-0.05, 0) is 38.3 Å². The fourth-order valence-electron chi connectivity index (χ4n) is 3.78. The Morgan fingerprint density at radius 2 is 1.92 bits per heavy atom. The number of pyridine rings is 1. The molecule has 1 aromatic rings. The molecule has 0 radical (unpaired) electrons. The zero-order chi connectivity index (χ0) is 18.7. The fraction of sp³-hybridized carbons (Fsp3) is 0.667. The summed E-state index contributed by atoms with van der Waals surface area (Å²) in [5.41, 5.74) is 0. The number of likely N-dealkylation sites (tertiary alicyclic amines) is 1. The van der Waals surface area contributed by atoms with Crippen LogP contribution in [0.1, 0.15) is 26.2 Å². The highest BCUT2D eigenvalue weighted by atomic mass is 32.2. The van der Waals surface area contributed by atoms with E-state index in [0.29, 0.717) is 31.5 Å². The second-order valence-corrected chi connectivity index (χ2v) is 9.28. The maximum atomic E-state index is 12.6. The smallest absolute Gasteiger partial charge is 0.236 e. The molecule has 7 nitrogen and oxygen atoms in total. The van der Waals surface area contributed by atoms with Gasteiger partial charge in [0, 0.05) is 51.2 Å². The van der Waals surface area contributed by atoms with Crippen LogP contribution in [0.4, 0.5) is 5.82 Å². The number of aromatic nitrogens is 1. The van der Waals surface area contributed by atoms with Crippen LogP contribution in [0.25, 0.3) is 0 Å². The molecule has 0 aromatic carbocycles. The van der Waals surface area contributed by atoms with E-state index in [4.69, 9.17) is 0 Å². The maximum Gasteiger partial charge on any atom is 0.236 e. The lowest BCUT2D eigenvalue weighted by Gasteiger charge is -2.38. The van der Waals surface area contributed by atoms with E-state index in [1.807, 2.05) is 9.80 Å². The van der Waals surface area contributed by atoms with E-state index >= 15 is 0 Å². The summed E-state index contributed by atoms with van der Waals surface area (Å²) in [6, 6.07) is 3.59. The molecule has 0 bridgehead atoms. The first kappa shape index (κ1) is 19.1. The molecule has 26 heavy (non-hydrogen) atoms. The Bertz CT molecular complexity index is 745. The van der Waals surface area contributed by atoms with Gasteiger partial charge in [0.1, 0.15) is 10.7 Å². The zero-order valence-corrected chi connectivity index (χ0v) is 16.4. The maximum absolute atomic E-state index is 12.6. The number of piperidine rings is 1. The number of nitrogens with zero attached hydrogens (tertiary/aromatic N) is 4. The second-order valence-electron chi connectivity index (χ2n) is 7.29. The molecular weight excluding hydrogens is 352 g/mol. The van der Waals surface area contributed by atoms with Gasteiger partial charge >= 0.3 is 0 Å². The highest BCUT2D eigenvalue weighted by Crippen LogP contribution is 2.23. The van der Waals surface area contributed by atoms with Crippen LogP contribution in [0, 0.1) is 0 Å². The van der Waals surface area contributed by atoms with Crippen LogP contribution in [-0.2, 0) is 14.6 Å². The van der Waals surface area contributed by atoms with E-state index in [9.17, 15) is 13.2 Å². The van der Waals surface area contributed by atoms with Crippen LogP contribution in [0.15, 0.2) is 23.2 Å². The van der Waals surface area contributed by atoms with Gasteiger partial charge in [-0.3, -0.25) is 9.69 Å². The van der Waals surface area contributed by atoms with Crippen molar-refractivity contribution in [3.63, 3.8) is 0 Å². The van der Waals surface area contributed by atoms with Gasteiger partial charge in [-0.2, -0.15) is 0 Å². The summed E-state index contributed by atoms with van der Waals surface area (Å²) in [5.74, 6) is 0.728. The Morgan fingerprint density at radius 3 is 2.58 bits per heavy atom. The summed E-state index contributed by atoms with van der Waals surface area (Å²) < 4.78 is 24.0. The van der Waals surface area contributed by atoms with Gasteiger partial charge in [0.2, 0.25) is 5.91 Å². The SMILES string of the molecule is C[C@@H]1CCCCN1C(=O)CN1CCN(c2ncccc2S(C)(=O)=O)CC1. The first-order valence-electron chi connectivity index (χ1n) is 9.28. The average molecular weight is 381 g/mol. The summed E-state index contributed by atoms with van der Waals surface area (Å²) in [6.07, 6.45) is 6.22. The molecule has 0 spiro atoms. The van der Waals surface area contributed by atoms with Gasteiger partial charge in [-0.25, -0.2) is 13.4 Å². The summed E-state index contributed by atoms with van der Waals surface area (Å²) in [6.45, 7) is 6.24. The molecule has 8 heteroatoms. The van der Waals surface area contributed by atoms with Crippen molar-refractivity contribution in [2.24, 2.45) is 0 Å². The molecule has 0 N–H and O–H groups in total. The van der Waals surface area contributed by atoms with Crippen molar-refractivity contribution >= 4 is 21.6 Å². The summed E-state index contributed by atoms with van der Waals surface area (Å²) in [5, 5.41) is 0. The predicted molar refractivity (Wildman–Crippen MR) is 101 cm³/mol. The van der Waals surface area contributed by atoms with Crippen LogP contribution >= 0.6 is 0 Å². The van der Waals surface area contributed by atoms with E-state index in [-0.39, 0.29) is 10.8 Å². The molecule has 0 saturated carbocycles. The van der Waals surface area contributed by atoms with Crippen molar-refractivity contribution in [3.05, 3.63) is 18.3 Å². The Balaban J connectivity index is 1.59. The Labute approximate surface area is 155 Å². The first-order valence-corrected chi connectivity index (χ1v) is 11.2. The molecule has 2 aliphatic heterocycles. The number of carbonyl (C=O) groups excluding carboxylic acids is 1. The number of hydrogen-bond acceptors (Lipinski definition) is 6. The number of piperazine rings is 1. The quantitative estimate of drug-likeness (QED) is 0.776. The van der Waals surface area contributed by atoms with Gasteiger partial charge in [0.25, 0.3) is 0 Å². The lowest BCUT2D eigenvalue weighted by molar-refractivity contribution is -0.135. The van der Waals surface area contributed by atoms with E-state index < -0.39 is 9.84 Å². The molecule has 2 saturated heterocycles. The minimum atomic E-state index is -3.31. The highest BCUT2D eigenvalue weighted by Gasteiger charge is 2.27. The Morgan fingerprint density at radius 1 is 1.19 bits per heavy atom. The van der Waals surface area contributed by atoms with Crippen molar-refractivity contribution in [2.75, 3.05) is 50.4 Å². The summed E-state index contributed by atoms with van der Waals surface area (Å²) in [4.78, 5) is 23.3. The fourth-order valence-corrected chi connectivity index (χ4v) is 4.62. The van der Waals surface area contributed by atoms with Crippen LogP contribution in [0.5, 0.6) is 0 Å². The molecule has 144 valence electrons. The van der Waals surface area contributed by atoms with Gasteiger partial charge in [-0.15, -0.1) is 0 Å². The topological polar surface area (TPSA) is 73.8 Å². The zero-order valence-electron chi connectivity index (χ0n) is 15.6. The highest BCUT2D eigenvalue weighted by molar-refractivity contribution is 7.90. The Hall–Kier alpha value is -1.67. The number of sulfone groups is 1. The van der Waals surface area contributed by atoms with Crippen LogP contribution in [0.2, 0.25) is 0 Å². The van der Waals surface area contributed by atoms with E-state index in [0.717, 1.165) is 32.5 Å². The van der Waals surface area contributed by atoms with Crippen molar-refractivity contribution in [1.29, 1.82) is 0 Å². The lowest BCUT2D eigenvalue weighted by Crippen LogP contribution is -2.52. The van der Waals surface area contributed by atoms with E-state index in [1.54, 1.807) is 18.3 Å². The minimum Gasteiger partial charge on any atom is -0.353 e. The molecule has 0 aliphatic carbocycles. The third-order valence-electron chi connectivity index (χ3n) is 5.30.